The number of anilines is 1. The summed E-state index contributed by atoms with van der Waals surface area (Å²) in [4.78, 5) is 0. The number of hydrogen-bond acceptors (Lipinski definition) is 2. The highest BCUT2D eigenvalue weighted by atomic mass is 19.1. The molecule has 2 aliphatic rings. The molecule has 0 radical (unpaired) electrons. The van der Waals surface area contributed by atoms with Crippen molar-refractivity contribution in [2.24, 2.45) is 0 Å². The number of aliphatic hydroxyl groups excluding tert-OH is 1. The van der Waals surface area contributed by atoms with Crippen molar-refractivity contribution in [3.05, 3.63) is 52.1 Å². The van der Waals surface area contributed by atoms with Gasteiger partial charge >= 0.3 is 0 Å². The second-order valence-electron chi connectivity index (χ2n) is 6.95. The number of benzene rings is 2. The number of nitrogens with one attached hydrogen (secondary N) is 1. The van der Waals surface area contributed by atoms with Gasteiger partial charge in [-0.1, -0.05) is 11.6 Å². The van der Waals surface area contributed by atoms with Crippen molar-refractivity contribution in [3.8, 4) is 11.1 Å². The van der Waals surface area contributed by atoms with E-state index in [9.17, 15) is 9.50 Å². The van der Waals surface area contributed by atoms with Gasteiger partial charge < -0.3 is 10.4 Å². The molecule has 0 amide bonds. The Labute approximate surface area is 128 Å². The van der Waals surface area contributed by atoms with E-state index in [1.807, 2.05) is 6.07 Å². The standard InChI is InChI=1S/C19H18FNO/c1-10-9-19(2,3)21-17-8-16-14(7-13(10)17)12-5-4-11(20)6-15(12)18(16)22/h4-8,21-22H,9H2,1-3H3. The second-order valence-corrected chi connectivity index (χ2v) is 6.95. The highest BCUT2D eigenvalue weighted by Crippen LogP contribution is 2.32. The van der Waals surface area contributed by atoms with E-state index in [4.69, 9.17) is 0 Å². The van der Waals surface area contributed by atoms with Crippen molar-refractivity contribution in [2.75, 3.05) is 5.32 Å². The van der Waals surface area contributed by atoms with Gasteiger partial charge in [-0.05, 0) is 67.8 Å². The zero-order chi connectivity index (χ0) is 15.6. The fourth-order valence-electron chi connectivity index (χ4n) is 3.73. The van der Waals surface area contributed by atoms with Crippen molar-refractivity contribution in [1.29, 1.82) is 0 Å². The van der Waals surface area contributed by atoms with Crippen molar-refractivity contribution in [1.82, 2.24) is 0 Å². The fraction of sp³-hybridized carbons (Fsp3) is 0.263. The van der Waals surface area contributed by atoms with Crippen LogP contribution in [0.4, 0.5) is 10.1 Å². The van der Waals surface area contributed by atoms with Crippen LogP contribution in [0.2, 0.25) is 0 Å². The Kier molecular flexibility index (Phi) is 2.51. The average molecular weight is 295 g/mol. The molecule has 0 fully saturated rings. The van der Waals surface area contributed by atoms with Crippen LogP contribution in [0.15, 0.2) is 30.3 Å². The molecule has 22 heavy (non-hydrogen) atoms. The summed E-state index contributed by atoms with van der Waals surface area (Å²) in [5, 5.41) is 16.0. The maximum Gasteiger partial charge on any atom is 0.131 e. The van der Waals surface area contributed by atoms with Gasteiger partial charge in [0.2, 0.25) is 0 Å². The first kappa shape index (κ1) is 13.4. The van der Waals surface area contributed by atoms with E-state index in [-0.39, 0.29) is 17.1 Å². The summed E-state index contributed by atoms with van der Waals surface area (Å²) in [5.41, 5.74) is 4.82. The van der Waals surface area contributed by atoms with Crippen LogP contribution in [-0.4, -0.2) is 10.6 Å². The van der Waals surface area contributed by atoms with Crippen LogP contribution in [0.1, 0.15) is 32.8 Å². The minimum absolute atomic E-state index is 0.00149. The maximum atomic E-state index is 13.5. The molecule has 0 spiro atoms. The Hall–Kier alpha value is -2.29. The summed E-state index contributed by atoms with van der Waals surface area (Å²) in [6.07, 6.45) is 0.977. The van der Waals surface area contributed by atoms with Gasteiger partial charge in [-0.3, -0.25) is 0 Å². The normalized spacial score (nSPS) is 17.6. The third-order valence-corrected chi connectivity index (χ3v) is 4.58. The molecule has 112 valence electrons. The van der Waals surface area contributed by atoms with Crippen molar-refractivity contribution >= 4 is 17.0 Å². The van der Waals surface area contributed by atoms with Gasteiger partial charge in [-0.2, -0.15) is 0 Å². The van der Waals surface area contributed by atoms with E-state index >= 15 is 0 Å². The van der Waals surface area contributed by atoms with Crippen molar-refractivity contribution in [2.45, 2.75) is 32.7 Å². The lowest BCUT2D eigenvalue weighted by atomic mass is 9.89. The van der Waals surface area contributed by atoms with Crippen LogP contribution < -0.4 is 15.8 Å². The molecule has 2 aromatic rings. The Bertz CT molecular complexity index is 941. The number of aliphatic hydroxyl groups is 1. The van der Waals surface area contributed by atoms with Crippen molar-refractivity contribution in [3.63, 3.8) is 0 Å². The van der Waals surface area contributed by atoms with E-state index in [2.05, 4.69) is 32.2 Å². The summed E-state index contributed by atoms with van der Waals surface area (Å²) < 4.78 is 13.5. The maximum absolute atomic E-state index is 13.5. The Morgan fingerprint density at radius 3 is 2.59 bits per heavy atom. The summed E-state index contributed by atoms with van der Waals surface area (Å²) >= 11 is 0. The smallest absolute Gasteiger partial charge is 0.131 e. The lowest BCUT2D eigenvalue weighted by molar-refractivity contribution is 0.508. The molecule has 0 atom stereocenters. The van der Waals surface area contributed by atoms with Crippen LogP contribution in [0, 0.1) is 5.82 Å². The molecule has 1 aliphatic heterocycles. The molecule has 0 saturated carbocycles. The van der Waals surface area contributed by atoms with E-state index in [0.29, 0.717) is 5.56 Å². The van der Waals surface area contributed by atoms with Crippen LogP contribution in [0.25, 0.3) is 22.5 Å². The molecule has 2 N–H and O–H groups in total. The first-order valence-corrected chi connectivity index (χ1v) is 7.51. The monoisotopic (exact) mass is 295 g/mol. The van der Waals surface area contributed by atoms with Gasteiger partial charge in [0.15, 0.2) is 0 Å². The summed E-state index contributed by atoms with van der Waals surface area (Å²) in [6, 6.07) is 8.69. The summed E-state index contributed by atoms with van der Waals surface area (Å²) in [7, 11) is 0. The molecule has 1 aliphatic carbocycles. The lowest BCUT2D eigenvalue weighted by Crippen LogP contribution is -2.39. The van der Waals surface area contributed by atoms with Crippen LogP contribution in [0.3, 0.4) is 0 Å². The predicted octanol–water partition coefficient (Wildman–Crippen LogP) is 3.29. The van der Waals surface area contributed by atoms with E-state index in [1.54, 1.807) is 6.07 Å². The number of fused-ring (bicyclic) bond motifs is 4. The number of hydrogen-bond donors (Lipinski definition) is 2. The highest BCUT2D eigenvalue weighted by Gasteiger charge is 2.26. The molecule has 0 saturated heterocycles. The zero-order valence-electron chi connectivity index (χ0n) is 12.9. The van der Waals surface area contributed by atoms with Gasteiger partial charge in [-0.25, -0.2) is 4.39 Å². The van der Waals surface area contributed by atoms with Gasteiger partial charge in [0.1, 0.15) is 11.6 Å². The van der Waals surface area contributed by atoms with Gasteiger partial charge in [0, 0.05) is 22.0 Å². The molecule has 4 rings (SSSR count). The molecular formula is C19H18FNO. The first-order chi connectivity index (χ1) is 10.4. The predicted molar refractivity (Wildman–Crippen MR) is 87.6 cm³/mol. The Morgan fingerprint density at radius 2 is 1.82 bits per heavy atom. The highest BCUT2D eigenvalue weighted by molar-refractivity contribution is 5.88. The number of rotatable bonds is 0. The summed E-state index contributed by atoms with van der Waals surface area (Å²) in [5.74, 6) is -0.167. The largest absolute Gasteiger partial charge is 0.507 e. The summed E-state index contributed by atoms with van der Waals surface area (Å²) in [6.45, 7) is 6.48. The quantitative estimate of drug-likeness (QED) is 0.781. The SMILES string of the molecule is CC1=c2cc3c(cc2NC(C)(C)C1)=C(O)c1cc(F)ccc1-3. The lowest BCUT2D eigenvalue weighted by Gasteiger charge is -2.32. The Morgan fingerprint density at radius 1 is 1.05 bits per heavy atom. The van der Waals surface area contributed by atoms with E-state index in [1.165, 1.54) is 22.9 Å². The molecule has 3 heteroatoms. The van der Waals surface area contributed by atoms with E-state index < -0.39 is 0 Å². The van der Waals surface area contributed by atoms with Gasteiger partial charge in [-0.15, -0.1) is 0 Å². The molecule has 0 unspecified atom stereocenters. The molecule has 2 nitrogen and oxygen atoms in total. The fourth-order valence-corrected chi connectivity index (χ4v) is 3.73. The van der Waals surface area contributed by atoms with Crippen LogP contribution >= 0.6 is 0 Å². The van der Waals surface area contributed by atoms with Gasteiger partial charge in [0.25, 0.3) is 0 Å². The van der Waals surface area contributed by atoms with Crippen molar-refractivity contribution < 1.29 is 9.50 Å². The Balaban J connectivity index is 2.07. The van der Waals surface area contributed by atoms with Crippen LogP contribution in [0.5, 0.6) is 0 Å². The molecule has 1 heterocycles. The first-order valence-electron chi connectivity index (χ1n) is 7.51. The molecule has 0 bridgehead atoms. The minimum Gasteiger partial charge on any atom is -0.507 e. The third kappa shape index (κ3) is 1.78. The van der Waals surface area contributed by atoms with E-state index in [0.717, 1.165) is 28.5 Å². The zero-order valence-corrected chi connectivity index (χ0v) is 12.9. The molecule has 0 aromatic heterocycles. The number of halogens is 1. The van der Waals surface area contributed by atoms with Crippen LogP contribution in [-0.2, 0) is 0 Å². The molecule has 2 aromatic carbocycles. The van der Waals surface area contributed by atoms with Gasteiger partial charge in [0.05, 0.1) is 0 Å². The third-order valence-electron chi connectivity index (χ3n) is 4.58. The molecular weight excluding hydrogens is 277 g/mol. The second kappa shape index (κ2) is 4.13. The minimum atomic E-state index is -0.329. The average Bonchev–Trinajstić information content (AvgIpc) is 2.69. The topological polar surface area (TPSA) is 32.3 Å².